The molecule has 0 rings (SSSR count). The Morgan fingerprint density at radius 2 is 1.73 bits per heavy atom. The van der Waals surface area contributed by atoms with Crippen LogP contribution < -0.4 is 0 Å². The van der Waals surface area contributed by atoms with E-state index in [2.05, 4.69) is 6.92 Å². The Morgan fingerprint density at radius 3 is 2.36 bits per heavy atom. The molecule has 0 heterocycles. The average Bonchev–Trinajstić information content (AvgIpc) is 2.03. The van der Waals surface area contributed by atoms with E-state index < -0.39 is 17.0 Å². The zero-order chi connectivity index (χ0) is 8.36. The molecular formula is C8H18O2V. The van der Waals surface area contributed by atoms with Crippen LogP contribution in [-0.2, 0) is 20.7 Å². The Labute approximate surface area is 77.1 Å². The van der Waals surface area contributed by atoms with Gasteiger partial charge in [-0.15, -0.1) is 0 Å². The second-order valence-electron chi connectivity index (χ2n) is 2.68. The molecule has 0 saturated carbocycles. The van der Waals surface area contributed by atoms with E-state index in [-0.39, 0.29) is 0 Å². The molecule has 1 N–H and O–H groups in total. The molecule has 0 fully saturated rings. The van der Waals surface area contributed by atoms with Crippen LogP contribution in [0.3, 0.4) is 0 Å². The predicted octanol–water partition coefficient (Wildman–Crippen LogP) is 2.27. The number of unbranched alkanes of at least 4 members (excludes halogenated alkanes) is 5. The fraction of sp³-hybridized carbons (Fsp3) is 1.00. The predicted molar refractivity (Wildman–Crippen MR) is 41.5 cm³/mol. The Balaban J connectivity index is 2.69. The van der Waals surface area contributed by atoms with Crippen molar-refractivity contribution < 1.29 is 24.7 Å². The van der Waals surface area contributed by atoms with Crippen molar-refractivity contribution in [3.63, 3.8) is 0 Å². The molecule has 0 aromatic heterocycles. The molecule has 0 aliphatic heterocycles. The maximum atomic E-state index is 8.38. The third-order valence-corrected chi connectivity index (χ3v) is 2.11. The molecule has 67 valence electrons. The molecule has 3 heteroatoms. The molecule has 0 radical (unpaired) electrons. The fourth-order valence-corrected chi connectivity index (χ4v) is 1.32. The van der Waals surface area contributed by atoms with Crippen LogP contribution in [0.4, 0.5) is 0 Å². The summed E-state index contributed by atoms with van der Waals surface area (Å²) in [6, 6.07) is 0. The zero-order valence-electron chi connectivity index (χ0n) is 7.25. The van der Waals surface area contributed by atoms with Crippen LogP contribution in [0, 0.1) is 0 Å². The van der Waals surface area contributed by atoms with E-state index in [0.717, 1.165) is 13.0 Å². The summed E-state index contributed by atoms with van der Waals surface area (Å²) >= 11 is -0.805. The Bertz CT molecular complexity index is 61.1. The second-order valence-corrected chi connectivity index (χ2v) is 3.34. The number of hydrogen-bond donors (Lipinski definition) is 1. The summed E-state index contributed by atoms with van der Waals surface area (Å²) in [5.74, 6) is 0. The van der Waals surface area contributed by atoms with Gasteiger partial charge in [-0.2, -0.15) is 0 Å². The molecule has 0 atom stereocenters. The Hall–Kier alpha value is 0.504. The topological polar surface area (TPSA) is 29.5 Å². The van der Waals surface area contributed by atoms with Gasteiger partial charge in [-0.3, -0.25) is 0 Å². The number of hydrogen-bond acceptors (Lipinski definition) is 2. The molecule has 11 heavy (non-hydrogen) atoms. The van der Waals surface area contributed by atoms with Gasteiger partial charge < -0.3 is 0 Å². The first-order valence-corrected chi connectivity index (χ1v) is 5.57. The standard InChI is InChI=1S/C8H17O.H2O.V/c1-2-3-4-5-6-7-8-9;;/h2-8H2,1H3;1H2;/q-1;;+2/p-1. The van der Waals surface area contributed by atoms with Crippen molar-refractivity contribution in [2.75, 3.05) is 6.61 Å². The minimum absolute atomic E-state index is 0.753. The molecule has 0 unspecified atom stereocenters. The average molecular weight is 197 g/mol. The van der Waals surface area contributed by atoms with Crippen LogP contribution in [0.2, 0.25) is 0 Å². The minimum atomic E-state index is -0.805. The van der Waals surface area contributed by atoms with Crippen molar-refractivity contribution in [3.05, 3.63) is 0 Å². The van der Waals surface area contributed by atoms with Crippen LogP contribution in [0.25, 0.3) is 0 Å². The van der Waals surface area contributed by atoms with Gasteiger partial charge in [0.2, 0.25) is 0 Å². The van der Waals surface area contributed by atoms with Gasteiger partial charge in [0.15, 0.2) is 0 Å². The van der Waals surface area contributed by atoms with Gasteiger partial charge in [-0.1, -0.05) is 0 Å². The molecule has 0 bridgehead atoms. The van der Waals surface area contributed by atoms with E-state index in [4.69, 9.17) is 7.69 Å². The molecule has 0 spiro atoms. The summed E-state index contributed by atoms with van der Waals surface area (Å²) in [6.45, 7) is 2.97. The Kier molecular flexibility index (Phi) is 11.0. The first kappa shape index (κ1) is 11.5. The van der Waals surface area contributed by atoms with E-state index in [1.165, 1.54) is 32.1 Å². The van der Waals surface area contributed by atoms with Crippen LogP contribution in [0.15, 0.2) is 0 Å². The molecule has 2 nitrogen and oxygen atoms in total. The van der Waals surface area contributed by atoms with Crippen molar-refractivity contribution in [1.29, 1.82) is 0 Å². The summed E-state index contributed by atoms with van der Waals surface area (Å²) in [7, 11) is 0. The first-order valence-electron chi connectivity index (χ1n) is 4.38. The third kappa shape index (κ3) is 10.5. The third-order valence-electron chi connectivity index (χ3n) is 1.65. The second kappa shape index (κ2) is 10.5. The molecule has 0 aliphatic carbocycles. The quantitative estimate of drug-likeness (QED) is 0.605. The summed E-state index contributed by atoms with van der Waals surface area (Å²) in [5, 5.41) is 0. The van der Waals surface area contributed by atoms with Crippen molar-refractivity contribution >= 4 is 0 Å². The van der Waals surface area contributed by atoms with Gasteiger partial charge in [0, 0.05) is 0 Å². The van der Waals surface area contributed by atoms with Crippen molar-refractivity contribution in [2.45, 2.75) is 45.4 Å². The van der Waals surface area contributed by atoms with Crippen molar-refractivity contribution in [3.8, 4) is 0 Å². The summed E-state index contributed by atoms with van der Waals surface area (Å²) in [5.41, 5.74) is 0. The SMILES string of the molecule is CCCCCCCC[O][V][OH]. The van der Waals surface area contributed by atoms with E-state index in [9.17, 15) is 0 Å². The summed E-state index contributed by atoms with van der Waals surface area (Å²) in [6.07, 6.45) is 7.69. The van der Waals surface area contributed by atoms with Crippen molar-refractivity contribution in [2.24, 2.45) is 0 Å². The van der Waals surface area contributed by atoms with Crippen LogP contribution >= 0.6 is 0 Å². The van der Waals surface area contributed by atoms with Gasteiger partial charge in [0.05, 0.1) is 0 Å². The normalized spacial score (nSPS) is 10.0. The first-order chi connectivity index (χ1) is 5.41. The van der Waals surface area contributed by atoms with Crippen LogP contribution in [0.1, 0.15) is 45.4 Å². The van der Waals surface area contributed by atoms with Gasteiger partial charge in [-0.25, -0.2) is 0 Å². The monoisotopic (exact) mass is 197 g/mol. The maximum absolute atomic E-state index is 8.38. The molecular weight excluding hydrogens is 179 g/mol. The van der Waals surface area contributed by atoms with Gasteiger partial charge in [0.1, 0.15) is 0 Å². The van der Waals surface area contributed by atoms with Crippen LogP contribution in [0.5, 0.6) is 0 Å². The number of rotatable bonds is 8. The van der Waals surface area contributed by atoms with Gasteiger partial charge in [-0.05, 0) is 0 Å². The molecule has 0 aromatic carbocycles. The van der Waals surface area contributed by atoms with E-state index in [1.54, 1.807) is 0 Å². The molecule has 0 aliphatic rings. The molecule has 0 aromatic rings. The molecule has 0 amide bonds. The van der Waals surface area contributed by atoms with Gasteiger partial charge in [0.25, 0.3) is 0 Å². The molecule has 0 saturated heterocycles. The Morgan fingerprint density at radius 1 is 1.09 bits per heavy atom. The van der Waals surface area contributed by atoms with Gasteiger partial charge >= 0.3 is 76.7 Å². The van der Waals surface area contributed by atoms with E-state index in [0.29, 0.717) is 0 Å². The van der Waals surface area contributed by atoms with E-state index >= 15 is 0 Å². The summed E-state index contributed by atoms with van der Waals surface area (Å²) in [4.78, 5) is 0. The van der Waals surface area contributed by atoms with E-state index in [1.807, 2.05) is 0 Å². The van der Waals surface area contributed by atoms with Crippen molar-refractivity contribution in [1.82, 2.24) is 0 Å². The zero-order valence-corrected chi connectivity index (χ0v) is 8.65. The van der Waals surface area contributed by atoms with Crippen LogP contribution in [-0.4, -0.2) is 10.6 Å². The fourth-order valence-electron chi connectivity index (χ4n) is 0.988. The summed E-state index contributed by atoms with van der Waals surface area (Å²) < 4.78 is 13.3.